The predicted molar refractivity (Wildman–Crippen MR) is 81.5 cm³/mol. The number of carbonyl (C=O) groups excluding carboxylic acids is 1. The summed E-state index contributed by atoms with van der Waals surface area (Å²) in [6.45, 7) is 3.90. The van der Waals surface area contributed by atoms with Gasteiger partial charge in [0.2, 0.25) is 10.0 Å². The fourth-order valence-electron chi connectivity index (χ4n) is 2.03. The van der Waals surface area contributed by atoms with Crippen LogP contribution >= 0.6 is 0 Å². The number of hydrogen-bond donors (Lipinski definition) is 2. The molecule has 0 aromatic heterocycles. The predicted octanol–water partition coefficient (Wildman–Crippen LogP) is 1.91. The van der Waals surface area contributed by atoms with E-state index in [2.05, 4.69) is 9.46 Å². The van der Waals surface area contributed by atoms with Crippen LogP contribution in [0, 0.1) is 0 Å². The van der Waals surface area contributed by atoms with Gasteiger partial charge in [0.1, 0.15) is 0 Å². The Hall–Kier alpha value is -1.60. The van der Waals surface area contributed by atoms with E-state index in [0.29, 0.717) is 12.1 Å². The molecule has 0 saturated carbocycles. The van der Waals surface area contributed by atoms with Crippen LogP contribution in [0.2, 0.25) is 0 Å². The zero-order valence-corrected chi connectivity index (χ0v) is 13.4. The summed E-state index contributed by atoms with van der Waals surface area (Å²) in [7, 11) is -2.61. The van der Waals surface area contributed by atoms with Crippen molar-refractivity contribution in [3.8, 4) is 0 Å². The molecule has 0 heterocycles. The molecule has 0 saturated heterocycles. The second-order valence-corrected chi connectivity index (χ2v) is 6.44. The highest BCUT2D eigenvalue weighted by atomic mass is 32.2. The van der Waals surface area contributed by atoms with Gasteiger partial charge in [-0.15, -0.1) is 0 Å². The number of anilines is 1. The van der Waals surface area contributed by atoms with Crippen molar-refractivity contribution in [1.82, 2.24) is 4.72 Å². The van der Waals surface area contributed by atoms with Gasteiger partial charge in [-0.25, -0.2) is 17.9 Å². The number of methoxy groups -OCH3 is 1. The number of sulfonamides is 1. The second-order valence-electron chi connectivity index (χ2n) is 4.76. The first-order valence-corrected chi connectivity index (χ1v) is 8.34. The lowest BCUT2D eigenvalue weighted by molar-refractivity contribution is 0.0596. The number of benzene rings is 1. The van der Waals surface area contributed by atoms with Crippen LogP contribution in [0.5, 0.6) is 0 Å². The van der Waals surface area contributed by atoms with Crippen LogP contribution in [0.3, 0.4) is 0 Å². The Bertz CT molecular complexity index is 599. The first-order valence-electron chi connectivity index (χ1n) is 6.85. The molecule has 0 spiro atoms. The van der Waals surface area contributed by atoms with Crippen LogP contribution < -0.4 is 10.5 Å². The largest absolute Gasteiger partial charge is 0.465 e. The molecule has 7 heteroatoms. The Kier molecular flexibility index (Phi) is 6.17. The van der Waals surface area contributed by atoms with Crippen molar-refractivity contribution < 1.29 is 17.9 Å². The van der Waals surface area contributed by atoms with Crippen LogP contribution in [-0.4, -0.2) is 27.5 Å². The molecule has 0 amide bonds. The number of ether oxygens (including phenoxy) is 1. The number of hydrogen-bond acceptors (Lipinski definition) is 5. The molecule has 118 valence electrons. The molecule has 1 aromatic carbocycles. The van der Waals surface area contributed by atoms with E-state index < -0.39 is 16.0 Å². The van der Waals surface area contributed by atoms with Crippen molar-refractivity contribution in [3.05, 3.63) is 23.8 Å². The molecule has 1 atom stereocenters. The summed E-state index contributed by atoms with van der Waals surface area (Å²) in [5, 5.41) is 0. The number of rotatable bonds is 7. The van der Waals surface area contributed by atoms with Gasteiger partial charge in [0.05, 0.1) is 17.6 Å². The quantitative estimate of drug-likeness (QED) is 0.592. The lowest BCUT2D eigenvalue weighted by Gasteiger charge is -2.17. The summed E-state index contributed by atoms with van der Waals surface area (Å²) in [6, 6.07) is 3.91. The van der Waals surface area contributed by atoms with Crippen molar-refractivity contribution in [2.75, 3.05) is 12.8 Å². The summed E-state index contributed by atoms with van der Waals surface area (Å²) in [5.74, 6) is -0.730. The van der Waals surface area contributed by atoms with Crippen LogP contribution in [0.1, 0.15) is 43.5 Å². The molecule has 1 unspecified atom stereocenters. The van der Waals surface area contributed by atoms with Crippen molar-refractivity contribution in [2.24, 2.45) is 0 Å². The Morgan fingerprint density at radius 1 is 1.38 bits per heavy atom. The van der Waals surface area contributed by atoms with E-state index in [4.69, 9.17) is 5.73 Å². The maximum atomic E-state index is 12.5. The minimum atomic E-state index is -3.80. The van der Waals surface area contributed by atoms with E-state index in [1.54, 1.807) is 0 Å². The van der Waals surface area contributed by atoms with Gasteiger partial charge in [-0.2, -0.15) is 0 Å². The minimum Gasteiger partial charge on any atom is -0.465 e. The fraction of sp³-hybridized carbons (Fsp3) is 0.500. The Morgan fingerprint density at radius 2 is 2.05 bits per heavy atom. The smallest absolute Gasteiger partial charge is 0.339 e. The van der Waals surface area contributed by atoms with E-state index in [9.17, 15) is 13.2 Å². The van der Waals surface area contributed by atoms with E-state index >= 15 is 0 Å². The Morgan fingerprint density at radius 3 is 2.57 bits per heavy atom. The normalized spacial score (nSPS) is 12.9. The molecule has 0 radical (unpaired) electrons. The first kappa shape index (κ1) is 17.5. The molecule has 3 N–H and O–H groups in total. The molecule has 0 aliphatic carbocycles. The number of nitrogen functional groups attached to an aromatic ring is 1. The van der Waals surface area contributed by atoms with Gasteiger partial charge in [0.15, 0.2) is 0 Å². The first-order chi connectivity index (χ1) is 9.85. The Labute approximate surface area is 125 Å². The number of nitrogens with two attached hydrogens (primary N) is 1. The van der Waals surface area contributed by atoms with E-state index in [0.717, 1.165) is 12.8 Å². The lowest BCUT2D eigenvalue weighted by atomic mass is 10.1. The molecule has 1 aromatic rings. The molecular formula is C14H22N2O4S. The second kappa shape index (κ2) is 7.42. The van der Waals surface area contributed by atoms with Gasteiger partial charge in [-0.1, -0.05) is 20.3 Å². The fourth-order valence-corrected chi connectivity index (χ4v) is 3.56. The zero-order valence-electron chi connectivity index (χ0n) is 12.5. The van der Waals surface area contributed by atoms with E-state index in [1.165, 1.54) is 25.3 Å². The zero-order chi connectivity index (χ0) is 16.0. The van der Waals surface area contributed by atoms with Crippen LogP contribution in [0.25, 0.3) is 0 Å². The maximum absolute atomic E-state index is 12.5. The standard InChI is InChI=1S/C14H22N2O4S/c1-4-6-11(5-2)16-21(18,19)13-8-7-10(15)9-12(13)14(17)20-3/h7-9,11,16H,4-6,15H2,1-3H3. The van der Waals surface area contributed by atoms with Gasteiger partial charge in [0.25, 0.3) is 0 Å². The maximum Gasteiger partial charge on any atom is 0.339 e. The minimum absolute atomic E-state index is 0.0589. The van der Waals surface area contributed by atoms with Gasteiger partial charge >= 0.3 is 5.97 Å². The van der Waals surface area contributed by atoms with Crippen molar-refractivity contribution >= 4 is 21.7 Å². The average Bonchev–Trinajstić information content (AvgIpc) is 2.45. The molecule has 0 aliphatic rings. The summed E-state index contributed by atoms with van der Waals surface area (Å²) >= 11 is 0. The molecule has 0 bridgehead atoms. The summed E-state index contributed by atoms with van der Waals surface area (Å²) < 4.78 is 32.2. The van der Waals surface area contributed by atoms with Gasteiger partial charge in [0, 0.05) is 11.7 Å². The van der Waals surface area contributed by atoms with Crippen LogP contribution in [0.4, 0.5) is 5.69 Å². The summed E-state index contributed by atoms with van der Waals surface area (Å²) in [6.07, 6.45) is 2.28. The van der Waals surface area contributed by atoms with Crippen molar-refractivity contribution in [1.29, 1.82) is 0 Å². The van der Waals surface area contributed by atoms with Crippen LogP contribution in [0.15, 0.2) is 23.1 Å². The SMILES string of the molecule is CCCC(CC)NS(=O)(=O)c1ccc(N)cc1C(=O)OC. The average molecular weight is 314 g/mol. The molecule has 6 nitrogen and oxygen atoms in total. The third-order valence-corrected chi connectivity index (χ3v) is 4.73. The topological polar surface area (TPSA) is 98.5 Å². The highest BCUT2D eigenvalue weighted by Crippen LogP contribution is 2.21. The van der Waals surface area contributed by atoms with Crippen LogP contribution in [-0.2, 0) is 14.8 Å². The monoisotopic (exact) mass is 314 g/mol. The highest BCUT2D eigenvalue weighted by molar-refractivity contribution is 7.89. The summed E-state index contributed by atoms with van der Waals surface area (Å²) in [4.78, 5) is 11.6. The van der Waals surface area contributed by atoms with Gasteiger partial charge < -0.3 is 10.5 Å². The molecular weight excluding hydrogens is 292 g/mol. The number of nitrogens with one attached hydrogen (secondary N) is 1. The Balaban J connectivity index is 3.22. The van der Waals surface area contributed by atoms with Gasteiger partial charge in [-0.05, 0) is 31.0 Å². The van der Waals surface area contributed by atoms with Crippen molar-refractivity contribution in [2.45, 2.75) is 44.0 Å². The molecule has 21 heavy (non-hydrogen) atoms. The lowest BCUT2D eigenvalue weighted by Crippen LogP contribution is -2.35. The number of esters is 1. The van der Waals surface area contributed by atoms with Crippen molar-refractivity contribution in [3.63, 3.8) is 0 Å². The van der Waals surface area contributed by atoms with E-state index in [-0.39, 0.29) is 16.5 Å². The third kappa shape index (κ3) is 4.44. The van der Waals surface area contributed by atoms with E-state index in [1.807, 2.05) is 13.8 Å². The molecule has 0 fully saturated rings. The molecule has 1 rings (SSSR count). The number of carbonyl (C=O) groups is 1. The van der Waals surface area contributed by atoms with Gasteiger partial charge in [-0.3, -0.25) is 0 Å². The third-order valence-electron chi connectivity index (χ3n) is 3.15. The summed E-state index contributed by atoms with van der Waals surface area (Å²) in [5.41, 5.74) is 5.86. The molecule has 0 aliphatic heterocycles. The highest BCUT2D eigenvalue weighted by Gasteiger charge is 2.25.